The van der Waals surface area contributed by atoms with Gasteiger partial charge >= 0.3 is 12.1 Å². The molecule has 2 rings (SSSR count). The average Bonchev–Trinajstić information content (AvgIpc) is 2.64. The van der Waals surface area contributed by atoms with E-state index in [1.54, 1.807) is 6.92 Å². The molecule has 0 aliphatic carbocycles. The number of benzene rings is 1. The molecule has 1 heterocycles. The van der Waals surface area contributed by atoms with E-state index >= 15 is 0 Å². The summed E-state index contributed by atoms with van der Waals surface area (Å²) in [5.74, 6) is -3.32. The summed E-state index contributed by atoms with van der Waals surface area (Å²) in [7, 11) is 0. The van der Waals surface area contributed by atoms with Crippen LogP contribution in [0, 0.1) is 17.6 Å². The van der Waals surface area contributed by atoms with Gasteiger partial charge in [0.05, 0.1) is 19.1 Å². The number of rotatable bonds is 6. The van der Waals surface area contributed by atoms with E-state index in [1.807, 2.05) is 6.92 Å². The van der Waals surface area contributed by atoms with Crippen LogP contribution in [0.2, 0.25) is 0 Å². The molecule has 144 valence electrons. The van der Waals surface area contributed by atoms with Crippen LogP contribution in [0.15, 0.2) is 18.2 Å². The van der Waals surface area contributed by atoms with Gasteiger partial charge in [0.15, 0.2) is 11.6 Å². The normalized spacial score (nSPS) is 19.9. The molecule has 1 aliphatic heterocycles. The molecule has 1 amide bonds. The van der Waals surface area contributed by atoms with Gasteiger partial charge in [-0.3, -0.25) is 4.79 Å². The number of piperidine rings is 1. The molecule has 26 heavy (non-hydrogen) atoms. The molecule has 1 fully saturated rings. The van der Waals surface area contributed by atoms with E-state index in [4.69, 9.17) is 9.47 Å². The van der Waals surface area contributed by atoms with Gasteiger partial charge < -0.3 is 14.4 Å². The minimum atomic E-state index is -0.952. The van der Waals surface area contributed by atoms with Crippen LogP contribution >= 0.6 is 0 Å². The van der Waals surface area contributed by atoms with Crippen molar-refractivity contribution < 1.29 is 27.8 Å². The van der Waals surface area contributed by atoms with Gasteiger partial charge in [0.25, 0.3) is 0 Å². The molecule has 0 spiro atoms. The number of hydrogen-bond donors (Lipinski definition) is 0. The van der Waals surface area contributed by atoms with E-state index in [0.717, 1.165) is 25.0 Å². The molecule has 2 atom stereocenters. The molecule has 1 saturated heterocycles. The minimum Gasteiger partial charge on any atom is -0.466 e. The lowest BCUT2D eigenvalue weighted by molar-refractivity contribution is -0.150. The molecule has 0 saturated carbocycles. The lowest BCUT2D eigenvalue weighted by atomic mass is 9.80. The molecule has 1 aliphatic rings. The number of carbonyl (C=O) groups excluding carboxylic acids is 2. The van der Waals surface area contributed by atoms with Crippen molar-refractivity contribution in [3.63, 3.8) is 0 Å². The summed E-state index contributed by atoms with van der Waals surface area (Å²) in [5, 5.41) is 0. The highest BCUT2D eigenvalue weighted by Crippen LogP contribution is 2.34. The first-order valence-electron chi connectivity index (χ1n) is 9.01. The zero-order chi connectivity index (χ0) is 19.1. The maximum atomic E-state index is 13.6. The van der Waals surface area contributed by atoms with Crippen molar-refractivity contribution in [1.29, 1.82) is 0 Å². The zero-order valence-electron chi connectivity index (χ0n) is 15.2. The average molecular weight is 369 g/mol. The highest BCUT2D eigenvalue weighted by molar-refractivity contribution is 5.76. The topological polar surface area (TPSA) is 55.8 Å². The van der Waals surface area contributed by atoms with Crippen molar-refractivity contribution in [2.24, 2.45) is 5.92 Å². The van der Waals surface area contributed by atoms with E-state index < -0.39 is 29.6 Å². The summed E-state index contributed by atoms with van der Waals surface area (Å²) in [6.45, 7) is 4.75. The summed E-state index contributed by atoms with van der Waals surface area (Å²) in [4.78, 5) is 26.1. The summed E-state index contributed by atoms with van der Waals surface area (Å²) in [6.07, 6.45) is 1.67. The maximum absolute atomic E-state index is 13.6. The Bertz CT molecular complexity index is 638. The van der Waals surface area contributed by atoms with E-state index in [2.05, 4.69) is 0 Å². The molecule has 0 N–H and O–H groups in total. The molecule has 0 aromatic heterocycles. The third kappa shape index (κ3) is 4.93. The minimum absolute atomic E-state index is 0.132. The van der Waals surface area contributed by atoms with Crippen molar-refractivity contribution >= 4 is 12.1 Å². The van der Waals surface area contributed by atoms with Crippen LogP contribution in [0.25, 0.3) is 0 Å². The first-order chi connectivity index (χ1) is 12.5. The first-order valence-corrected chi connectivity index (χ1v) is 9.01. The van der Waals surface area contributed by atoms with Crippen molar-refractivity contribution in [1.82, 2.24) is 4.90 Å². The third-order valence-electron chi connectivity index (χ3n) is 4.56. The number of nitrogens with zero attached hydrogens (tertiary/aromatic N) is 1. The smallest absolute Gasteiger partial charge is 0.409 e. The Morgan fingerprint density at radius 2 is 1.96 bits per heavy atom. The summed E-state index contributed by atoms with van der Waals surface area (Å²) >= 11 is 0. The standard InChI is InChI=1S/C19H25F2NO4/c1-3-5-10-26-19(24)22-9-8-14(15(12-22)18(23)25-4-2)13-6-7-16(20)17(21)11-13/h6-7,11,14-15H,3-5,8-10,12H2,1-2H3/t14-,15-/m1/s1. The summed E-state index contributed by atoms with van der Waals surface area (Å²) in [6, 6.07) is 3.64. The lowest BCUT2D eigenvalue weighted by Gasteiger charge is -2.37. The van der Waals surface area contributed by atoms with Crippen LogP contribution in [0.1, 0.15) is 44.6 Å². The fourth-order valence-corrected chi connectivity index (χ4v) is 3.14. The molecule has 7 heteroatoms. The Balaban J connectivity index is 2.15. The van der Waals surface area contributed by atoms with Gasteiger partial charge in [0, 0.05) is 19.0 Å². The largest absolute Gasteiger partial charge is 0.466 e. The number of hydrogen-bond acceptors (Lipinski definition) is 4. The second-order valence-electron chi connectivity index (χ2n) is 6.34. The molecule has 0 bridgehead atoms. The molecule has 1 aromatic carbocycles. The van der Waals surface area contributed by atoms with E-state index in [-0.39, 0.29) is 19.1 Å². The predicted octanol–water partition coefficient (Wildman–Crippen LogP) is 3.87. The number of amides is 1. The van der Waals surface area contributed by atoms with Crippen LogP contribution in [0.4, 0.5) is 13.6 Å². The summed E-state index contributed by atoms with van der Waals surface area (Å²) < 4.78 is 37.2. The van der Waals surface area contributed by atoms with E-state index in [1.165, 1.54) is 11.0 Å². The number of halogens is 2. The van der Waals surface area contributed by atoms with Gasteiger partial charge in [-0.2, -0.15) is 0 Å². The van der Waals surface area contributed by atoms with Gasteiger partial charge in [-0.25, -0.2) is 13.6 Å². The van der Waals surface area contributed by atoms with Crippen LogP contribution < -0.4 is 0 Å². The fraction of sp³-hybridized carbons (Fsp3) is 0.579. The van der Waals surface area contributed by atoms with Crippen molar-refractivity contribution in [2.45, 2.75) is 39.0 Å². The fourth-order valence-electron chi connectivity index (χ4n) is 3.14. The number of esters is 1. The molecule has 1 aromatic rings. The number of unbranched alkanes of at least 4 members (excludes halogenated alkanes) is 1. The quantitative estimate of drug-likeness (QED) is 0.564. The van der Waals surface area contributed by atoms with Crippen molar-refractivity contribution in [2.75, 3.05) is 26.3 Å². The van der Waals surface area contributed by atoms with E-state index in [9.17, 15) is 18.4 Å². The molecular weight excluding hydrogens is 344 g/mol. The number of likely N-dealkylation sites (tertiary alicyclic amines) is 1. The highest BCUT2D eigenvalue weighted by atomic mass is 19.2. The monoisotopic (exact) mass is 369 g/mol. The second kappa shape index (κ2) is 9.50. The first kappa shape index (κ1) is 20.1. The predicted molar refractivity (Wildman–Crippen MR) is 91.7 cm³/mol. The van der Waals surface area contributed by atoms with Crippen LogP contribution in [0.3, 0.4) is 0 Å². The van der Waals surface area contributed by atoms with Gasteiger partial charge in [-0.1, -0.05) is 19.4 Å². The second-order valence-corrected chi connectivity index (χ2v) is 6.34. The Labute approximate surface area is 152 Å². The van der Waals surface area contributed by atoms with Crippen molar-refractivity contribution in [3.8, 4) is 0 Å². The molecule has 5 nitrogen and oxygen atoms in total. The Kier molecular flexibility index (Phi) is 7.36. The zero-order valence-corrected chi connectivity index (χ0v) is 15.2. The Hall–Kier alpha value is -2.18. The maximum Gasteiger partial charge on any atom is 0.409 e. The van der Waals surface area contributed by atoms with Crippen LogP contribution in [-0.4, -0.2) is 43.3 Å². The number of ether oxygens (including phenoxy) is 2. The van der Waals surface area contributed by atoms with Crippen molar-refractivity contribution in [3.05, 3.63) is 35.4 Å². The highest BCUT2D eigenvalue weighted by Gasteiger charge is 2.38. The molecule has 0 radical (unpaired) electrons. The lowest BCUT2D eigenvalue weighted by Crippen LogP contribution is -2.46. The van der Waals surface area contributed by atoms with Crippen LogP contribution in [-0.2, 0) is 14.3 Å². The summed E-state index contributed by atoms with van der Waals surface area (Å²) in [5.41, 5.74) is 0.529. The van der Waals surface area contributed by atoms with Gasteiger partial charge in [-0.05, 0) is 37.5 Å². The van der Waals surface area contributed by atoms with Gasteiger partial charge in [0.1, 0.15) is 0 Å². The third-order valence-corrected chi connectivity index (χ3v) is 4.56. The number of carbonyl (C=O) groups is 2. The molecular formula is C19H25F2NO4. The Morgan fingerprint density at radius 1 is 1.19 bits per heavy atom. The molecule has 0 unspecified atom stereocenters. The SMILES string of the molecule is CCCCOC(=O)N1CC[C@H](c2ccc(F)c(F)c2)[C@H](C(=O)OCC)C1. The Morgan fingerprint density at radius 3 is 2.62 bits per heavy atom. The van der Waals surface area contributed by atoms with E-state index in [0.29, 0.717) is 25.1 Å². The van der Waals surface area contributed by atoms with Crippen LogP contribution in [0.5, 0.6) is 0 Å². The van der Waals surface area contributed by atoms with Gasteiger partial charge in [-0.15, -0.1) is 0 Å². The van der Waals surface area contributed by atoms with Gasteiger partial charge in [0.2, 0.25) is 0 Å².